The van der Waals surface area contributed by atoms with E-state index < -0.39 is 5.92 Å². The monoisotopic (exact) mass is 599 g/mol. The minimum Gasteiger partial charge on any atom is -0.505 e. The summed E-state index contributed by atoms with van der Waals surface area (Å²) in [6.45, 7) is 2.55. The number of hydrogen-bond acceptors (Lipinski definition) is 5. The number of halogens is 3. The van der Waals surface area contributed by atoms with Crippen molar-refractivity contribution >= 4 is 45.7 Å². The first-order chi connectivity index (χ1) is 17.2. The molecule has 1 aliphatic heterocycles. The maximum Gasteiger partial charge on any atom is 0.270 e. The lowest BCUT2D eigenvalue weighted by Crippen LogP contribution is -2.09. The van der Waals surface area contributed by atoms with E-state index in [1.807, 2.05) is 47.1 Å². The molecule has 9 heteroatoms. The zero-order valence-electron chi connectivity index (χ0n) is 19.7. The van der Waals surface area contributed by atoms with Gasteiger partial charge >= 0.3 is 0 Å². The van der Waals surface area contributed by atoms with Crippen LogP contribution in [0.1, 0.15) is 35.0 Å². The Morgan fingerprint density at radius 1 is 1.08 bits per heavy atom. The lowest BCUT2D eigenvalue weighted by atomic mass is 9.98. The molecule has 0 saturated heterocycles. The van der Waals surface area contributed by atoms with Crippen molar-refractivity contribution in [1.29, 1.82) is 0 Å². The summed E-state index contributed by atoms with van der Waals surface area (Å²) in [6, 6.07) is 17.8. The van der Waals surface area contributed by atoms with Crippen molar-refractivity contribution in [3.8, 4) is 11.1 Å². The highest BCUT2D eigenvalue weighted by Gasteiger charge is 2.24. The molecule has 0 amide bonds. The summed E-state index contributed by atoms with van der Waals surface area (Å²) >= 11 is 2.01. The minimum absolute atomic E-state index is 0.0363. The third-order valence-electron chi connectivity index (χ3n) is 6.07. The topological polar surface area (TPSA) is 76.5 Å². The molecule has 0 unspecified atom stereocenters. The van der Waals surface area contributed by atoms with Gasteiger partial charge in [0.25, 0.3) is 5.92 Å². The fourth-order valence-electron chi connectivity index (χ4n) is 4.28. The van der Waals surface area contributed by atoms with Crippen LogP contribution in [-0.2, 0) is 19.0 Å². The fourth-order valence-corrected chi connectivity index (χ4v) is 4.49. The first kappa shape index (κ1) is 24.4. The number of nitrogens with one attached hydrogen (secondary N) is 2. The number of H-pyrrole nitrogens is 1. The second-order valence-corrected chi connectivity index (χ2v) is 10.2. The van der Waals surface area contributed by atoms with E-state index in [-0.39, 0.29) is 11.3 Å². The fraction of sp³-hybridized carbons (Fsp3) is 0.185. The Bertz CT molecular complexity index is 1450. The van der Waals surface area contributed by atoms with Gasteiger partial charge in [-0.3, -0.25) is 0 Å². The molecule has 0 saturated carbocycles. The van der Waals surface area contributed by atoms with Crippen LogP contribution in [0.4, 0.5) is 8.78 Å². The Kier molecular flexibility index (Phi) is 6.52. The molecule has 1 aromatic heterocycles. The molecule has 0 bridgehead atoms. The number of imidazole rings is 1. The Balaban J connectivity index is 1.46. The predicted octanol–water partition coefficient (Wildman–Crippen LogP) is 6.53. The summed E-state index contributed by atoms with van der Waals surface area (Å²) in [6.07, 6.45) is 1.56. The number of alkyl halides is 2. The highest BCUT2D eigenvalue weighted by Crippen LogP contribution is 2.31. The van der Waals surface area contributed by atoms with Gasteiger partial charge in [-0.25, -0.2) is 17.0 Å². The molecule has 3 aromatic carbocycles. The van der Waals surface area contributed by atoms with Crippen LogP contribution < -0.4 is 5.32 Å². The van der Waals surface area contributed by atoms with Crippen LogP contribution in [0, 0.1) is 0 Å². The average molecular weight is 599 g/mol. The molecule has 1 aliphatic rings. The van der Waals surface area contributed by atoms with Gasteiger partial charge in [-0.2, -0.15) is 5.10 Å². The molecule has 36 heavy (non-hydrogen) atoms. The molecule has 0 fully saturated rings. The quantitative estimate of drug-likeness (QED) is 0.0775. The third kappa shape index (κ3) is 5.12. The zero-order valence-corrected chi connectivity index (χ0v) is 21.8. The highest BCUT2D eigenvalue weighted by molar-refractivity contribution is 14.1. The van der Waals surface area contributed by atoms with Gasteiger partial charge in [0.15, 0.2) is 0 Å². The molecule has 184 valence electrons. The maximum atomic E-state index is 13.8. The molecule has 0 spiro atoms. The molecule has 6 nitrogen and oxygen atoms in total. The smallest absolute Gasteiger partial charge is 0.270 e. The number of benzene rings is 3. The van der Waals surface area contributed by atoms with Crippen LogP contribution in [0.3, 0.4) is 0 Å². The van der Waals surface area contributed by atoms with E-state index in [0.717, 1.165) is 36.6 Å². The van der Waals surface area contributed by atoms with E-state index in [1.165, 1.54) is 23.3 Å². The predicted molar refractivity (Wildman–Crippen MR) is 147 cm³/mol. The lowest BCUT2D eigenvalue weighted by Gasteiger charge is -2.13. The second kappa shape index (κ2) is 9.62. The molecule has 3 N–H and O–H groups in total. The number of allylic oxidation sites excluding steroid dienone is 1. The Morgan fingerprint density at radius 2 is 1.81 bits per heavy atom. The van der Waals surface area contributed by atoms with Crippen LogP contribution in [0.2, 0.25) is 0 Å². The third-order valence-corrected chi connectivity index (χ3v) is 6.28. The second-order valence-electron chi connectivity index (χ2n) is 8.83. The van der Waals surface area contributed by atoms with Gasteiger partial charge in [0.05, 0.1) is 33.9 Å². The largest absolute Gasteiger partial charge is 0.505 e. The average Bonchev–Trinajstić information content (AvgIpc) is 3.45. The Morgan fingerprint density at radius 3 is 2.50 bits per heavy atom. The van der Waals surface area contributed by atoms with Crippen molar-refractivity contribution in [2.45, 2.75) is 25.9 Å². The van der Waals surface area contributed by atoms with Crippen LogP contribution in [0.15, 0.2) is 71.5 Å². The van der Waals surface area contributed by atoms with Gasteiger partial charge in [0.1, 0.15) is 17.3 Å². The van der Waals surface area contributed by atoms with Crippen LogP contribution in [0.25, 0.3) is 28.2 Å². The van der Waals surface area contributed by atoms with Crippen molar-refractivity contribution in [1.82, 2.24) is 18.5 Å². The molecule has 0 radical (unpaired) electrons. The molecule has 0 aliphatic carbocycles. The molecule has 2 heterocycles. The minimum atomic E-state index is -2.91. The van der Waals surface area contributed by atoms with Crippen LogP contribution >= 0.6 is 22.9 Å². The summed E-state index contributed by atoms with van der Waals surface area (Å²) in [5, 5.41) is 18.8. The van der Waals surface area contributed by atoms with Crippen molar-refractivity contribution in [2.75, 3.05) is 7.05 Å². The molecular weight excluding hydrogens is 575 g/mol. The van der Waals surface area contributed by atoms with Gasteiger partial charge in [-0.1, -0.05) is 42.5 Å². The molecule has 0 atom stereocenters. The number of aliphatic hydroxyl groups is 1. The van der Waals surface area contributed by atoms with Gasteiger partial charge < -0.3 is 15.4 Å². The Hall–Kier alpha value is -3.31. The van der Waals surface area contributed by atoms with Crippen molar-refractivity contribution in [2.24, 2.45) is 5.10 Å². The molecule has 5 rings (SSSR count). The van der Waals surface area contributed by atoms with Gasteiger partial charge in [0, 0.05) is 44.3 Å². The van der Waals surface area contributed by atoms with Gasteiger partial charge in [0.2, 0.25) is 0 Å². The first-order valence-electron chi connectivity index (χ1n) is 11.4. The number of aliphatic hydroxyl groups excluding tert-OH is 1. The number of hydrazone groups is 1. The van der Waals surface area contributed by atoms with E-state index in [2.05, 4.69) is 32.5 Å². The standard InChI is InChI=1S/C27H24F2IN5O/c1-27(28,29)21-5-3-4-18(10-21)16-6-8-17(9-7-16)26(34-35(2)30)24(36)13-25-32-22-11-19-14-31-15-20(19)12-23(22)33-25/h3-13,31,36H,14-15H2,1-2H3,(H,32,33)/b24-13-,34-26-. The maximum absolute atomic E-state index is 13.8. The summed E-state index contributed by atoms with van der Waals surface area (Å²) < 4.78 is 29.1. The molecule has 4 aromatic rings. The number of nitrogens with zero attached hydrogens (tertiary/aromatic N) is 3. The summed E-state index contributed by atoms with van der Waals surface area (Å²) in [7, 11) is 1.76. The summed E-state index contributed by atoms with van der Waals surface area (Å²) in [5.41, 5.74) is 6.70. The highest BCUT2D eigenvalue weighted by atomic mass is 127. The van der Waals surface area contributed by atoms with E-state index in [0.29, 0.717) is 22.7 Å². The first-order valence-corrected chi connectivity index (χ1v) is 12.3. The Labute approximate surface area is 221 Å². The van der Waals surface area contributed by atoms with Gasteiger partial charge in [-0.15, -0.1) is 0 Å². The van der Waals surface area contributed by atoms with E-state index in [4.69, 9.17) is 0 Å². The summed E-state index contributed by atoms with van der Waals surface area (Å²) in [5.74, 6) is -2.44. The molecular formula is C27H24F2IN5O. The SMILES string of the molecule is CN(I)/N=C(\C(O)=C\c1nc2cc3c(cc2[nH]1)CNC3)c1ccc(-c2cccc(C(C)(F)F)c2)cc1. The van der Waals surface area contributed by atoms with Crippen LogP contribution in [-0.4, -0.2) is 31.1 Å². The van der Waals surface area contributed by atoms with Crippen molar-refractivity contribution in [3.63, 3.8) is 0 Å². The van der Waals surface area contributed by atoms with Crippen LogP contribution in [0.5, 0.6) is 0 Å². The number of fused-ring (bicyclic) bond motifs is 2. The zero-order chi connectivity index (χ0) is 25.4. The van der Waals surface area contributed by atoms with E-state index in [9.17, 15) is 13.9 Å². The van der Waals surface area contributed by atoms with Gasteiger partial charge in [-0.05, 0) is 40.5 Å². The van der Waals surface area contributed by atoms with Crippen molar-refractivity contribution < 1.29 is 13.9 Å². The number of hydrogen-bond donors (Lipinski definition) is 3. The number of rotatable bonds is 6. The number of aromatic amines is 1. The van der Waals surface area contributed by atoms with E-state index in [1.54, 1.807) is 28.5 Å². The normalized spacial score (nSPS) is 14.4. The summed E-state index contributed by atoms with van der Waals surface area (Å²) in [4.78, 5) is 7.87. The number of aromatic nitrogens is 2. The van der Waals surface area contributed by atoms with Crippen molar-refractivity contribution in [3.05, 3.63) is 94.5 Å². The van der Waals surface area contributed by atoms with E-state index >= 15 is 0 Å². The lowest BCUT2D eigenvalue weighted by molar-refractivity contribution is 0.0175.